The van der Waals surface area contributed by atoms with Gasteiger partial charge in [-0.15, -0.1) is 0 Å². The van der Waals surface area contributed by atoms with Crippen LogP contribution in [-0.2, 0) is 26.7 Å². The number of hydrogen-bond donors (Lipinski definition) is 2. The second-order valence-corrected chi connectivity index (χ2v) is 10.7. The van der Waals surface area contributed by atoms with Crippen molar-refractivity contribution >= 4 is 34.1 Å². The Hall–Kier alpha value is -4.50. The molecule has 0 atom stereocenters. The fourth-order valence-corrected chi connectivity index (χ4v) is 4.86. The maximum Gasteiger partial charge on any atom is 0.355 e. The minimum Gasteiger partial charge on any atom is -0.396 e. The van der Waals surface area contributed by atoms with E-state index in [4.69, 9.17) is 11.6 Å². The van der Waals surface area contributed by atoms with E-state index in [1.807, 2.05) is 0 Å². The van der Waals surface area contributed by atoms with Crippen LogP contribution in [0, 0.1) is 22.9 Å². The summed E-state index contributed by atoms with van der Waals surface area (Å²) in [6, 6.07) is 4.28. The lowest BCUT2D eigenvalue weighted by Gasteiger charge is -2.17. The predicted octanol–water partition coefficient (Wildman–Crippen LogP) is 2.57. The number of anilines is 2. The lowest BCUT2D eigenvalue weighted by molar-refractivity contribution is 0.192. The molecule has 1 aliphatic carbocycles. The molecular weight excluding hydrogens is 579 g/mol. The third-order valence-corrected chi connectivity index (χ3v) is 7.58. The van der Waals surface area contributed by atoms with Crippen LogP contribution in [0.2, 0.25) is 5.02 Å². The van der Waals surface area contributed by atoms with Gasteiger partial charge in [-0.1, -0.05) is 11.6 Å². The van der Waals surface area contributed by atoms with E-state index in [2.05, 4.69) is 25.5 Å². The molecule has 0 spiro atoms. The van der Waals surface area contributed by atoms with Crippen LogP contribution < -0.4 is 16.7 Å². The second-order valence-electron chi connectivity index (χ2n) is 10.3. The molecule has 218 valence electrons. The van der Waals surface area contributed by atoms with Crippen LogP contribution in [0.15, 0.2) is 46.4 Å². The number of aliphatic hydroxyl groups is 1. The highest BCUT2D eigenvalue weighted by Crippen LogP contribution is 2.47. The van der Waals surface area contributed by atoms with Crippen molar-refractivity contribution in [3.8, 4) is 0 Å². The second kappa shape index (κ2) is 10.4. The molecule has 0 amide bonds. The van der Waals surface area contributed by atoms with Gasteiger partial charge in [-0.25, -0.2) is 32.3 Å². The third kappa shape index (κ3) is 5.16. The van der Waals surface area contributed by atoms with Crippen LogP contribution in [0.3, 0.4) is 0 Å². The highest BCUT2D eigenvalue weighted by Gasteiger charge is 2.42. The zero-order chi connectivity index (χ0) is 29.8. The number of halogens is 4. The van der Waals surface area contributed by atoms with Gasteiger partial charge in [0.15, 0.2) is 17.5 Å². The number of rotatable bonds is 9. The number of nitrogens with zero attached hydrogens (tertiary/aromatic N) is 8. The topological polar surface area (TPSA) is 138 Å². The highest BCUT2D eigenvalue weighted by atomic mass is 35.5. The average Bonchev–Trinajstić information content (AvgIpc) is 3.45. The van der Waals surface area contributed by atoms with Crippen LogP contribution in [0.1, 0.15) is 24.2 Å². The van der Waals surface area contributed by atoms with Gasteiger partial charge in [-0.3, -0.25) is 13.9 Å². The van der Waals surface area contributed by atoms with Gasteiger partial charge in [0, 0.05) is 36.0 Å². The van der Waals surface area contributed by atoms with Crippen molar-refractivity contribution in [2.75, 3.05) is 11.9 Å². The summed E-state index contributed by atoms with van der Waals surface area (Å²) in [5, 5.41) is 21.9. The molecule has 16 heteroatoms. The Kier molecular flexibility index (Phi) is 6.85. The lowest BCUT2D eigenvalue weighted by atomic mass is 10.1. The zero-order valence-corrected chi connectivity index (χ0v) is 22.8. The average molecular weight is 602 g/mol. The lowest BCUT2D eigenvalue weighted by Crippen LogP contribution is -2.43. The monoisotopic (exact) mass is 601 g/mol. The molecule has 6 rings (SSSR count). The Balaban J connectivity index is 1.42. The highest BCUT2D eigenvalue weighted by molar-refractivity contribution is 6.34. The van der Waals surface area contributed by atoms with Crippen LogP contribution in [0.25, 0.3) is 10.9 Å². The first-order chi connectivity index (χ1) is 20.1. The summed E-state index contributed by atoms with van der Waals surface area (Å²) in [5.74, 6) is -3.97. The van der Waals surface area contributed by atoms with E-state index in [0.717, 1.165) is 22.0 Å². The van der Waals surface area contributed by atoms with E-state index in [1.54, 1.807) is 30.1 Å². The van der Waals surface area contributed by atoms with Crippen molar-refractivity contribution in [3.05, 3.63) is 91.6 Å². The largest absolute Gasteiger partial charge is 0.396 e. The summed E-state index contributed by atoms with van der Waals surface area (Å²) >= 11 is 6.58. The van der Waals surface area contributed by atoms with Crippen LogP contribution in [-0.4, -0.2) is 50.4 Å². The van der Waals surface area contributed by atoms with Crippen molar-refractivity contribution in [1.29, 1.82) is 0 Å². The maximum atomic E-state index is 14.6. The Morgan fingerprint density at radius 1 is 1.05 bits per heavy atom. The van der Waals surface area contributed by atoms with Gasteiger partial charge in [0.05, 0.1) is 42.1 Å². The van der Waals surface area contributed by atoms with Gasteiger partial charge in [0.25, 0.3) is 0 Å². The molecule has 0 saturated heterocycles. The molecule has 0 unspecified atom stereocenters. The predicted molar refractivity (Wildman–Crippen MR) is 145 cm³/mol. The van der Waals surface area contributed by atoms with E-state index >= 15 is 0 Å². The molecular formula is C26H23ClF3N9O3. The van der Waals surface area contributed by atoms with E-state index in [0.29, 0.717) is 29.6 Å². The van der Waals surface area contributed by atoms with E-state index in [9.17, 15) is 27.9 Å². The van der Waals surface area contributed by atoms with Gasteiger partial charge < -0.3 is 10.4 Å². The van der Waals surface area contributed by atoms with E-state index in [1.165, 1.54) is 11.0 Å². The fraction of sp³-hybridized carbons (Fsp3) is 0.308. The number of aliphatic hydroxyl groups excluding tert-OH is 1. The van der Waals surface area contributed by atoms with Gasteiger partial charge in [-0.2, -0.15) is 15.2 Å². The van der Waals surface area contributed by atoms with Crippen LogP contribution in [0.5, 0.6) is 0 Å². The molecule has 1 aliphatic rings. The number of benzene rings is 2. The summed E-state index contributed by atoms with van der Waals surface area (Å²) in [7, 11) is 1.61. The van der Waals surface area contributed by atoms with Gasteiger partial charge in [-0.05, 0) is 31.0 Å². The first-order valence-electron chi connectivity index (χ1n) is 12.8. The third-order valence-electron chi connectivity index (χ3n) is 7.27. The van der Waals surface area contributed by atoms with Crippen molar-refractivity contribution < 1.29 is 18.3 Å². The molecule has 42 heavy (non-hydrogen) atoms. The summed E-state index contributed by atoms with van der Waals surface area (Å²) in [6.45, 7) is -0.382. The molecule has 0 aliphatic heterocycles. The number of hydrogen-bond acceptors (Lipinski definition) is 8. The maximum absolute atomic E-state index is 14.6. The van der Waals surface area contributed by atoms with Crippen LogP contribution in [0.4, 0.5) is 24.8 Å². The smallest absolute Gasteiger partial charge is 0.355 e. The fourth-order valence-electron chi connectivity index (χ4n) is 4.66. The Labute approximate surface area is 239 Å². The van der Waals surface area contributed by atoms with Gasteiger partial charge >= 0.3 is 11.4 Å². The molecule has 3 aromatic heterocycles. The first kappa shape index (κ1) is 27.7. The quantitative estimate of drug-likeness (QED) is 0.246. The summed E-state index contributed by atoms with van der Waals surface area (Å²) in [5.41, 5.74) is -1.49. The SMILES string of the molecule is Cn1cnc(Cn2c(=O)nc(Nc3cc4cnn(CC5(CO)CC5)c4cc3Cl)n(Cc3cc(F)c(F)cc3F)c2=O)n1. The van der Waals surface area contributed by atoms with Crippen molar-refractivity contribution in [3.63, 3.8) is 0 Å². The summed E-state index contributed by atoms with van der Waals surface area (Å²) < 4.78 is 47.0. The van der Waals surface area contributed by atoms with Crippen molar-refractivity contribution in [2.24, 2.45) is 12.5 Å². The molecule has 5 aromatic rings. The number of nitrogens with one attached hydrogen (secondary N) is 1. The normalized spacial score (nSPS) is 14.0. The molecule has 0 bridgehead atoms. The Bertz CT molecular complexity index is 1960. The number of fused-ring (bicyclic) bond motifs is 1. The molecule has 2 N–H and O–H groups in total. The van der Waals surface area contributed by atoms with Crippen LogP contribution >= 0.6 is 11.6 Å². The minimum absolute atomic E-state index is 0.0470. The van der Waals surface area contributed by atoms with Gasteiger partial charge in [0.2, 0.25) is 5.95 Å². The summed E-state index contributed by atoms with van der Waals surface area (Å²) in [4.78, 5) is 34.6. The van der Waals surface area contributed by atoms with Crippen molar-refractivity contribution in [2.45, 2.75) is 32.5 Å². The Morgan fingerprint density at radius 2 is 1.81 bits per heavy atom. The molecule has 2 aromatic carbocycles. The zero-order valence-electron chi connectivity index (χ0n) is 22.1. The molecule has 3 heterocycles. The van der Waals surface area contributed by atoms with E-state index in [-0.39, 0.29) is 46.6 Å². The van der Waals surface area contributed by atoms with Crippen molar-refractivity contribution in [1.82, 2.24) is 38.7 Å². The molecule has 0 radical (unpaired) electrons. The minimum atomic E-state index is -1.39. The number of aromatic nitrogens is 8. The molecule has 1 saturated carbocycles. The molecule has 1 fully saturated rings. The molecule has 12 nitrogen and oxygen atoms in total. The standard InChI is InChI=1S/C26H23ClF3N9O3/c1-36-13-31-22(35-36)10-38-24(41)34-23(37(25(38)42)9-15-4-18(29)19(30)7-17(15)28)33-20-5-14-8-32-39(21(14)6-16(20)27)11-26(12-40)2-3-26/h4-8,13,40H,2-3,9-12H2,1H3,(H,33,34,41). The summed E-state index contributed by atoms with van der Waals surface area (Å²) in [6.07, 6.45) is 4.77. The Morgan fingerprint density at radius 3 is 2.50 bits per heavy atom. The number of aryl methyl sites for hydroxylation is 1. The first-order valence-corrected chi connectivity index (χ1v) is 13.2. The van der Waals surface area contributed by atoms with Gasteiger partial charge in [0.1, 0.15) is 12.1 Å². The van der Waals surface area contributed by atoms with E-state index < -0.39 is 35.4 Å².